The van der Waals surface area contributed by atoms with Crippen LogP contribution in [-0.4, -0.2) is 23.9 Å². The number of hydrogen-bond acceptors (Lipinski definition) is 3. The van der Waals surface area contributed by atoms with Crippen LogP contribution in [0.3, 0.4) is 0 Å². The molecule has 0 atom stereocenters. The van der Waals surface area contributed by atoms with E-state index in [1.165, 1.54) is 0 Å². The van der Waals surface area contributed by atoms with Crippen molar-refractivity contribution in [3.8, 4) is 6.07 Å². The monoisotopic (exact) mass is 155 g/mol. The molecule has 0 aromatic heterocycles. The Morgan fingerprint density at radius 1 is 1.55 bits per heavy atom. The summed E-state index contributed by atoms with van der Waals surface area (Å²) in [6.07, 6.45) is 3.43. The normalized spacial score (nSPS) is 20.4. The molecule has 1 aliphatic rings. The Kier molecular flexibility index (Phi) is 2.86. The van der Waals surface area contributed by atoms with Gasteiger partial charge >= 0.3 is 0 Å². The van der Waals surface area contributed by atoms with Crippen molar-refractivity contribution in [2.45, 2.75) is 31.3 Å². The number of nitriles is 1. The number of aliphatic hydroxyl groups excluding tert-OH is 1. The highest BCUT2D eigenvalue weighted by Crippen LogP contribution is 2.34. The van der Waals surface area contributed by atoms with E-state index in [0.29, 0.717) is 13.0 Å². The molecule has 0 aliphatic heterocycles. The molecule has 3 heteroatoms. The van der Waals surface area contributed by atoms with Gasteiger partial charge in [-0.25, -0.2) is 0 Å². The Bertz CT molecular complexity index is 158. The maximum Gasteiger partial charge on any atom is 0.154 e. The third-order valence-electron chi connectivity index (χ3n) is 2.05. The molecule has 1 aliphatic carbocycles. The molecule has 0 spiro atoms. The predicted octanol–water partition coefficient (Wildman–Crippen LogP) is 0.832. The van der Waals surface area contributed by atoms with Crippen molar-refractivity contribution < 1.29 is 9.84 Å². The van der Waals surface area contributed by atoms with Crippen molar-refractivity contribution in [1.82, 2.24) is 0 Å². The van der Waals surface area contributed by atoms with Gasteiger partial charge in [-0.05, 0) is 25.7 Å². The molecule has 0 bridgehead atoms. The molecule has 0 aromatic rings. The van der Waals surface area contributed by atoms with E-state index in [-0.39, 0.29) is 6.61 Å². The van der Waals surface area contributed by atoms with Gasteiger partial charge in [0.1, 0.15) is 0 Å². The topological polar surface area (TPSA) is 53.2 Å². The van der Waals surface area contributed by atoms with E-state index in [1.54, 1.807) is 0 Å². The number of nitrogens with zero attached hydrogens (tertiary/aromatic N) is 1. The predicted molar refractivity (Wildman–Crippen MR) is 39.8 cm³/mol. The lowest BCUT2D eigenvalue weighted by Gasteiger charge is -2.34. The first-order valence-corrected chi connectivity index (χ1v) is 3.99. The van der Waals surface area contributed by atoms with E-state index < -0.39 is 5.60 Å². The van der Waals surface area contributed by atoms with Crippen LogP contribution in [0.25, 0.3) is 0 Å². The number of ether oxygens (including phenoxy) is 1. The summed E-state index contributed by atoms with van der Waals surface area (Å²) < 4.78 is 5.33. The highest BCUT2D eigenvalue weighted by Gasteiger charge is 2.37. The Balaban J connectivity index is 2.18. The molecular weight excluding hydrogens is 142 g/mol. The van der Waals surface area contributed by atoms with E-state index in [9.17, 15) is 0 Å². The summed E-state index contributed by atoms with van der Waals surface area (Å²) in [6.45, 7) is 0.644. The fourth-order valence-corrected chi connectivity index (χ4v) is 1.12. The molecule has 0 amide bonds. The first-order valence-electron chi connectivity index (χ1n) is 3.99. The molecule has 0 aromatic carbocycles. The number of rotatable bonds is 4. The summed E-state index contributed by atoms with van der Waals surface area (Å²) in [5.74, 6) is 0. The maximum absolute atomic E-state index is 8.70. The van der Waals surface area contributed by atoms with Gasteiger partial charge in [-0.15, -0.1) is 0 Å². The quantitative estimate of drug-likeness (QED) is 0.612. The second-order valence-corrected chi connectivity index (χ2v) is 2.89. The Labute approximate surface area is 66.6 Å². The zero-order valence-electron chi connectivity index (χ0n) is 6.55. The zero-order chi connectivity index (χ0) is 8.16. The van der Waals surface area contributed by atoms with Gasteiger partial charge in [0.25, 0.3) is 0 Å². The van der Waals surface area contributed by atoms with Crippen LogP contribution < -0.4 is 0 Å². The SMILES string of the molecule is N#CC1(OCCCO)CCC1. The lowest BCUT2D eigenvalue weighted by atomic mass is 9.81. The molecule has 1 rings (SSSR count). The van der Waals surface area contributed by atoms with Crippen molar-refractivity contribution in [1.29, 1.82) is 5.26 Å². The smallest absolute Gasteiger partial charge is 0.154 e. The van der Waals surface area contributed by atoms with Crippen molar-refractivity contribution in [3.05, 3.63) is 0 Å². The fourth-order valence-electron chi connectivity index (χ4n) is 1.12. The summed E-state index contributed by atoms with van der Waals surface area (Å²) in [4.78, 5) is 0. The van der Waals surface area contributed by atoms with Crippen molar-refractivity contribution in [3.63, 3.8) is 0 Å². The zero-order valence-corrected chi connectivity index (χ0v) is 6.55. The average Bonchev–Trinajstić information content (AvgIpc) is 1.95. The summed E-state index contributed by atoms with van der Waals surface area (Å²) in [6, 6.07) is 2.17. The third kappa shape index (κ3) is 1.92. The van der Waals surface area contributed by atoms with Gasteiger partial charge in [0, 0.05) is 6.61 Å². The van der Waals surface area contributed by atoms with Crippen LogP contribution in [0.5, 0.6) is 0 Å². The Morgan fingerprint density at radius 3 is 2.64 bits per heavy atom. The molecule has 0 saturated heterocycles. The van der Waals surface area contributed by atoms with E-state index >= 15 is 0 Å². The molecule has 3 nitrogen and oxygen atoms in total. The van der Waals surface area contributed by atoms with Crippen LogP contribution in [0.15, 0.2) is 0 Å². The van der Waals surface area contributed by atoms with Gasteiger partial charge in [-0.3, -0.25) is 0 Å². The molecule has 11 heavy (non-hydrogen) atoms. The Hall–Kier alpha value is -0.590. The van der Waals surface area contributed by atoms with Crippen LogP contribution in [-0.2, 0) is 4.74 Å². The first kappa shape index (κ1) is 8.51. The molecule has 1 saturated carbocycles. The minimum atomic E-state index is -0.491. The summed E-state index contributed by atoms with van der Waals surface area (Å²) >= 11 is 0. The molecule has 1 N–H and O–H groups in total. The van der Waals surface area contributed by atoms with Crippen LogP contribution in [0.2, 0.25) is 0 Å². The van der Waals surface area contributed by atoms with Gasteiger partial charge in [0.05, 0.1) is 12.7 Å². The number of aliphatic hydroxyl groups is 1. The van der Waals surface area contributed by atoms with Crippen LogP contribution in [0.1, 0.15) is 25.7 Å². The summed E-state index contributed by atoms with van der Waals surface area (Å²) in [5, 5.41) is 17.2. The van der Waals surface area contributed by atoms with E-state index in [2.05, 4.69) is 6.07 Å². The lowest BCUT2D eigenvalue weighted by molar-refractivity contribution is -0.0594. The highest BCUT2D eigenvalue weighted by atomic mass is 16.5. The fraction of sp³-hybridized carbons (Fsp3) is 0.875. The first-order chi connectivity index (χ1) is 5.33. The average molecular weight is 155 g/mol. The number of hydrogen-bond donors (Lipinski definition) is 1. The van der Waals surface area contributed by atoms with Crippen molar-refractivity contribution >= 4 is 0 Å². The van der Waals surface area contributed by atoms with Crippen LogP contribution >= 0.6 is 0 Å². The van der Waals surface area contributed by atoms with Crippen molar-refractivity contribution in [2.24, 2.45) is 0 Å². The van der Waals surface area contributed by atoms with Gasteiger partial charge in [-0.2, -0.15) is 5.26 Å². The molecule has 1 fully saturated rings. The molecule has 0 heterocycles. The van der Waals surface area contributed by atoms with E-state index in [0.717, 1.165) is 19.3 Å². The van der Waals surface area contributed by atoms with Crippen LogP contribution in [0.4, 0.5) is 0 Å². The minimum absolute atomic E-state index is 0.140. The van der Waals surface area contributed by atoms with E-state index in [4.69, 9.17) is 15.1 Å². The largest absolute Gasteiger partial charge is 0.396 e. The molecule has 0 unspecified atom stereocenters. The van der Waals surface area contributed by atoms with Gasteiger partial charge in [-0.1, -0.05) is 0 Å². The second kappa shape index (κ2) is 3.70. The highest BCUT2D eigenvalue weighted by molar-refractivity contribution is 5.07. The summed E-state index contributed by atoms with van der Waals surface area (Å²) in [7, 11) is 0. The standard InChI is InChI=1S/C8H13NO2/c9-7-8(3-1-4-8)11-6-2-5-10/h10H,1-6H2. The second-order valence-electron chi connectivity index (χ2n) is 2.89. The molecular formula is C8H13NO2. The van der Waals surface area contributed by atoms with Gasteiger partial charge < -0.3 is 9.84 Å². The van der Waals surface area contributed by atoms with Gasteiger partial charge in [0.15, 0.2) is 5.60 Å². The Morgan fingerprint density at radius 2 is 2.27 bits per heavy atom. The summed E-state index contributed by atoms with van der Waals surface area (Å²) in [5.41, 5.74) is -0.491. The van der Waals surface area contributed by atoms with Gasteiger partial charge in [0.2, 0.25) is 0 Å². The third-order valence-corrected chi connectivity index (χ3v) is 2.05. The maximum atomic E-state index is 8.70. The lowest BCUT2D eigenvalue weighted by Crippen LogP contribution is -2.38. The molecule has 62 valence electrons. The molecule has 0 radical (unpaired) electrons. The van der Waals surface area contributed by atoms with E-state index in [1.807, 2.05) is 0 Å². The van der Waals surface area contributed by atoms with Crippen LogP contribution in [0, 0.1) is 11.3 Å². The van der Waals surface area contributed by atoms with Crippen molar-refractivity contribution in [2.75, 3.05) is 13.2 Å². The minimum Gasteiger partial charge on any atom is -0.396 e.